The van der Waals surface area contributed by atoms with Gasteiger partial charge in [0, 0.05) is 19.6 Å². The first-order chi connectivity index (χ1) is 11.4. The number of hydrogen-bond acceptors (Lipinski definition) is 4. The summed E-state index contributed by atoms with van der Waals surface area (Å²) in [5, 5.41) is 9.47. The van der Waals surface area contributed by atoms with Gasteiger partial charge in [0.1, 0.15) is 21.6 Å². The van der Waals surface area contributed by atoms with Crippen LogP contribution in [0.1, 0.15) is 25.8 Å². The summed E-state index contributed by atoms with van der Waals surface area (Å²) in [5.74, 6) is -0.411. The van der Waals surface area contributed by atoms with Gasteiger partial charge in [0.05, 0.1) is 13.2 Å². The summed E-state index contributed by atoms with van der Waals surface area (Å²) in [4.78, 5) is 11.6. The van der Waals surface area contributed by atoms with E-state index in [2.05, 4.69) is 0 Å². The standard InChI is InChI=1S/C17H22Cl2O5/c1-3-22-9-14(10-23-4-2)24-13-7-5-12(6-8-13)16(15(20)21)11-17(16,18)19/h5-8,14H,3-4,9-11H2,1-2H3,(H,20,21). The molecule has 1 aliphatic carbocycles. The Kier molecular flexibility index (Phi) is 6.37. The zero-order valence-corrected chi connectivity index (χ0v) is 15.3. The molecule has 7 heteroatoms. The molecule has 1 atom stereocenters. The number of benzene rings is 1. The maximum Gasteiger partial charge on any atom is 0.317 e. The normalized spacial score (nSPS) is 21.7. The van der Waals surface area contributed by atoms with E-state index in [-0.39, 0.29) is 12.5 Å². The molecule has 0 amide bonds. The van der Waals surface area contributed by atoms with E-state index in [1.54, 1.807) is 24.3 Å². The van der Waals surface area contributed by atoms with Crippen molar-refractivity contribution in [1.29, 1.82) is 0 Å². The van der Waals surface area contributed by atoms with Crippen LogP contribution in [0.5, 0.6) is 5.75 Å². The van der Waals surface area contributed by atoms with E-state index >= 15 is 0 Å². The minimum absolute atomic E-state index is 0.190. The molecule has 1 aromatic carbocycles. The first kappa shape index (κ1) is 19.3. The van der Waals surface area contributed by atoms with Gasteiger partial charge in [0.15, 0.2) is 0 Å². The average molecular weight is 377 g/mol. The number of carbonyl (C=O) groups is 1. The minimum atomic E-state index is -1.27. The fourth-order valence-corrected chi connectivity index (χ4v) is 3.36. The average Bonchev–Trinajstić information content (AvgIpc) is 3.15. The van der Waals surface area contributed by atoms with Crippen molar-refractivity contribution >= 4 is 29.2 Å². The number of ether oxygens (including phenoxy) is 3. The van der Waals surface area contributed by atoms with Gasteiger partial charge < -0.3 is 19.3 Å². The monoisotopic (exact) mass is 376 g/mol. The number of carboxylic acid groups (broad SMARTS) is 1. The van der Waals surface area contributed by atoms with E-state index in [9.17, 15) is 9.90 Å². The van der Waals surface area contributed by atoms with Crippen molar-refractivity contribution in [3.05, 3.63) is 29.8 Å². The molecule has 1 aromatic rings. The Morgan fingerprint density at radius 2 is 1.67 bits per heavy atom. The van der Waals surface area contributed by atoms with Crippen molar-refractivity contribution in [3.63, 3.8) is 0 Å². The lowest BCUT2D eigenvalue weighted by Gasteiger charge is -2.20. The molecular formula is C17H22Cl2O5. The quantitative estimate of drug-likeness (QED) is 0.633. The number of hydrogen-bond donors (Lipinski definition) is 1. The number of carboxylic acids is 1. The van der Waals surface area contributed by atoms with Crippen molar-refractivity contribution in [3.8, 4) is 5.75 Å². The maximum atomic E-state index is 11.6. The highest BCUT2D eigenvalue weighted by Crippen LogP contribution is 2.65. The second kappa shape index (κ2) is 7.91. The smallest absolute Gasteiger partial charge is 0.317 e. The van der Waals surface area contributed by atoms with Crippen LogP contribution >= 0.6 is 23.2 Å². The summed E-state index contributed by atoms with van der Waals surface area (Å²) in [7, 11) is 0. The molecule has 0 bridgehead atoms. The van der Waals surface area contributed by atoms with Crippen LogP contribution in [-0.4, -0.2) is 47.9 Å². The predicted octanol–water partition coefficient (Wildman–Crippen LogP) is 3.41. The summed E-state index contributed by atoms with van der Waals surface area (Å²) >= 11 is 12.1. The molecule has 0 heterocycles. The van der Waals surface area contributed by atoms with E-state index in [0.29, 0.717) is 37.7 Å². The molecule has 134 valence electrons. The number of alkyl halides is 2. The summed E-state index contributed by atoms with van der Waals surface area (Å²) < 4.78 is 15.4. The van der Waals surface area contributed by atoms with E-state index in [0.717, 1.165) is 0 Å². The van der Waals surface area contributed by atoms with Crippen molar-refractivity contribution in [2.24, 2.45) is 0 Å². The van der Waals surface area contributed by atoms with E-state index < -0.39 is 15.7 Å². The first-order valence-corrected chi connectivity index (χ1v) is 8.67. The topological polar surface area (TPSA) is 65.0 Å². The van der Waals surface area contributed by atoms with Gasteiger partial charge in [-0.05, 0) is 31.5 Å². The fraction of sp³-hybridized carbons (Fsp3) is 0.588. The molecule has 5 nitrogen and oxygen atoms in total. The Bertz CT molecular complexity index is 553. The number of aliphatic carboxylic acids is 1. The summed E-state index contributed by atoms with van der Waals surface area (Å²) in [6, 6.07) is 6.81. The Morgan fingerprint density at radius 3 is 2.04 bits per heavy atom. The van der Waals surface area contributed by atoms with Gasteiger partial charge >= 0.3 is 5.97 Å². The molecule has 0 aromatic heterocycles. The van der Waals surface area contributed by atoms with E-state index in [1.165, 1.54) is 0 Å². The van der Waals surface area contributed by atoms with Crippen molar-refractivity contribution in [1.82, 2.24) is 0 Å². The third-order valence-electron chi connectivity index (χ3n) is 4.02. The zero-order valence-electron chi connectivity index (χ0n) is 13.8. The second-order valence-electron chi connectivity index (χ2n) is 5.67. The first-order valence-electron chi connectivity index (χ1n) is 7.91. The molecule has 0 aliphatic heterocycles. The SMILES string of the molecule is CCOCC(COCC)Oc1ccc(C2(C(=O)O)CC2(Cl)Cl)cc1. The van der Waals surface area contributed by atoms with Crippen LogP contribution in [-0.2, 0) is 19.7 Å². The van der Waals surface area contributed by atoms with Gasteiger partial charge in [-0.2, -0.15) is 0 Å². The van der Waals surface area contributed by atoms with Crippen LogP contribution in [0.25, 0.3) is 0 Å². The highest BCUT2D eigenvalue weighted by atomic mass is 35.5. The third-order valence-corrected chi connectivity index (χ3v) is 4.93. The number of halogens is 2. The summed E-state index contributed by atoms with van der Waals surface area (Å²) in [6.45, 7) is 5.86. The van der Waals surface area contributed by atoms with Gasteiger partial charge in [-0.25, -0.2) is 0 Å². The van der Waals surface area contributed by atoms with E-state index in [1.807, 2.05) is 13.8 Å². The maximum absolute atomic E-state index is 11.6. The highest BCUT2D eigenvalue weighted by Gasteiger charge is 2.72. The molecule has 1 saturated carbocycles. The molecule has 1 aliphatic rings. The van der Waals surface area contributed by atoms with Crippen molar-refractivity contribution in [2.45, 2.75) is 36.1 Å². The van der Waals surface area contributed by atoms with Crippen LogP contribution in [0.3, 0.4) is 0 Å². The van der Waals surface area contributed by atoms with Gasteiger partial charge in [-0.15, -0.1) is 0 Å². The molecule has 0 spiro atoms. The minimum Gasteiger partial charge on any atom is -0.486 e. The number of rotatable bonds is 10. The van der Waals surface area contributed by atoms with E-state index in [4.69, 9.17) is 37.4 Å². The predicted molar refractivity (Wildman–Crippen MR) is 92.2 cm³/mol. The van der Waals surface area contributed by atoms with Crippen molar-refractivity contribution < 1.29 is 24.1 Å². The highest BCUT2D eigenvalue weighted by molar-refractivity contribution is 6.54. The molecule has 1 unspecified atom stereocenters. The van der Waals surface area contributed by atoms with Gasteiger partial charge in [-0.1, -0.05) is 35.3 Å². The van der Waals surface area contributed by atoms with Crippen LogP contribution in [0.2, 0.25) is 0 Å². The second-order valence-corrected chi connectivity index (χ2v) is 7.16. The molecule has 1 N–H and O–H groups in total. The molecule has 0 radical (unpaired) electrons. The van der Waals surface area contributed by atoms with Crippen LogP contribution in [0, 0.1) is 0 Å². The molecular weight excluding hydrogens is 355 g/mol. The summed E-state index contributed by atoms with van der Waals surface area (Å²) in [5.41, 5.74) is -0.677. The Hall–Kier alpha value is -1.01. The third kappa shape index (κ3) is 3.97. The Morgan fingerprint density at radius 1 is 1.17 bits per heavy atom. The lowest BCUT2D eigenvalue weighted by atomic mass is 9.96. The fourth-order valence-electron chi connectivity index (χ4n) is 2.58. The van der Waals surface area contributed by atoms with Crippen LogP contribution < -0.4 is 4.74 Å². The lowest BCUT2D eigenvalue weighted by molar-refractivity contribution is -0.140. The molecule has 24 heavy (non-hydrogen) atoms. The zero-order chi connectivity index (χ0) is 17.8. The van der Waals surface area contributed by atoms with Crippen LogP contribution in [0.15, 0.2) is 24.3 Å². The molecule has 2 rings (SSSR count). The van der Waals surface area contributed by atoms with Crippen LogP contribution in [0.4, 0.5) is 0 Å². The largest absolute Gasteiger partial charge is 0.486 e. The lowest BCUT2D eigenvalue weighted by Crippen LogP contribution is -2.29. The summed E-state index contributed by atoms with van der Waals surface area (Å²) in [6.07, 6.45) is -0.0408. The Labute approximate surface area is 151 Å². The van der Waals surface area contributed by atoms with Crippen molar-refractivity contribution in [2.75, 3.05) is 26.4 Å². The van der Waals surface area contributed by atoms with Gasteiger partial charge in [-0.3, -0.25) is 4.79 Å². The van der Waals surface area contributed by atoms with Gasteiger partial charge in [0.2, 0.25) is 0 Å². The molecule has 0 saturated heterocycles. The van der Waals surface area contributed by atoms with Gasteiger partial charge in [0.25, 0.3) is 0 Å². The Balaban J connectivity index is 2.07. The molecule has 1 fully saturated rings.